The molecule has 2 heterocycles. The van der Waals surface area contributed by atoms with Gasteiger partial charge in [-0.3, -0.25) is 9.69 Å². The van der Waals surface area contributed by atoms with Crippen molar-refractivity contribution in [3.05, 3.63) is 29.8 Å². The van der Waals surface area contributed by atoms with Gasteiger partial charge in [0.15, 0.2) is 0 Å². The molecular formula is C21H32N2O2. The molecular weight excluding hydrogens is 312 g/mol. The summed E-state index contributed by atoms with van der Waals surface area (Å²) in [6.45, 7) is 13.8. The second-order valence-corrected chi connectivity index (χ2v) is 8.45. The van der Waals surface area contributed by atoms with Crippen LogP contribution in [0.5, 0.6) is 0 Å². The Hall–Kier alpha value is -1.55. The van der Waals surface area contributed by atoms with E-state index >= 15 is 0 Å². The first kappa shape index (κ1) is 18.2. The van der Waals surface area contributed by atoms with Gasteiger partial charge in [-0.05, 0) is 44.2 Å². The zero-order valence-electron chi connectivity index (χ0n) is 16.1. The van der Waals surface area contributed by atoms with Crippen LogP contribution in [0.15, 0.2) is 24.3 Å². The molecule has 0 spiro atoms. The van der Waals surface area contributed by atoms with Gasteiger partial charge in [-0.15, -0.1) is 0 Å². The maximum absolute atomic E-state index is 11.8. The van der Waals surface area contributed by atoms with Crippen molar-refractivity contribution in [1.29, 1.82) is 0 Å². The molecule has 1 atom stereocenters. The minimum Gasteiger partial charge on any atom is -0.462 e. The Morgan fingerprint density at radius 2 is 1.84 bits per heavy atom. The lowest BCUT2D eigenvalue weighted by Gasteiger charge is -2.37. The van der Waals surface area contributed by atoms with Crippen molar-refractivity contribution in [2.45, 2.75) is 52.6 Å². The molecule has 25 heavy (non-hydrogen) atoms. The largest absolute Gasteiger partial charge is 0.462 e. The smallest absolute Gasteiger partial charge is 0.311 e. The predicted molar refractivity (Wildman–Crippen MR) is 102 cm³/mol. The minimum atomic E-state index is -0.302. The molecule has 0 N–H and O–H groups in total. The predicted octanol–water partition coefficient (Wildman–Crippen LogP) is 3.66. The van der Waals surface area contributed by atoms with E-state index in [1.807, 2.05) is 13.8 Å². The monoisotopic (exact) mass is 344 g/mol. The van der Waals surface area contributed by atoms with Crippen LogP contribution in [0.3, 0.4) is 0 Å². The number of para-hydroxylation sites is 1. The molecule has 138 valence electrons. The first-order valence-corrected chi connectivity index (χ1v) is 9.64. The lowest BCUT2D eigenvalue weighted by Crippen LogP contribution is -2.47. The number of esters is 1. The summed E-state index contributed by atoms with van der Waals surface area (Å²) in [6.07, 6.45) is 1.91. The normalized spacial score (nSPS) is 24.0. The summed E-state index contributed by atoms with van der Waals surface area (Å²) in [4.78, 5) is 16.8. The topological polar surface area (TPSA) is 32.8 Å². The maximum atomic E-state index is 11.8. The lowest BCUT2D eigenvalue weighted by atomic mass is 9.89. The Bertz CT molecular complexity index is 604. The summed E-state index contributed by atoms with van der Waals surface area (Å²) in [5, 5.41) is 0. The van der Waals surface area contributed by atoms with E-state index in [2.05, 4.69) is 47.9 Å². The number of hydrogen-bond donors (Lipinski definition) is 0. The average molecular weight is 344 g/mol. The highest BCUT2D eigenvalue weighted by Gasteiger charge is 2.41. The van der Waals surface area contributed by atoms with Gasteiger partial charge in [-0.25, -0.2) is 0 Å². The number of hydrogen-bond acceptors (Lipinski definition) is 4. The fourth-order valence-corrected chi connectivity index (χ4v) is 3.97. The van der Waals surface area contributed by atoms with Crippen molar-refractivity contribution in [3.8, 4) is 0 Å². The van der Waals surface area contributed by atoms with Crippen LogP contribution in [-0.4, -0.2) is 49.7 Å². The van der Waals surface area contributed by atoms with Gasteiger partial charge in [-0.1, -0.05) is 32.0 Å². The van der Waals surface area contributed by atoms with Crippen LogP contribution in [0.4, 0.5) is 5.69 Å². The molecule has 0 unspecified atom stereocenters. The summed E-state index contributed by atoms with van der Waals surface area (Å²) in [5.74, 6) is 0.516. The van der Waals surface area contributed by atoms with E-state index in [1.165, 1.54) is 11.3 Å². The Balaban J connectivity index is 1.49. The third kappa shape index (κ3) is 4.17. The molecule has 4 nitrogen and oxygen atoms in total. The summed E-state index contributed by atoms with van der Waals surface area (Å²) in [5.41, 5.74) is 2.53. The van der Waals surface area contributed by atoms with E-state index in [1.54, 1.807) is 0 Å². The zero-order chi connectivity index (χ0) is 18.0. The van der Waals surface area contributed by atoms with Crippen LogP contribution in [-0.2, 0) is 9.53 Å². The minimum absolute atomic E-state index is 0.0346. The van der Waals surface area contributed by atoms with Gasteiger partial charge < -0.3 is 9.64 Å². The zero-order valence-corrected chi connectivity index (χ0v) is 16.1. The van der Waals surface area contributed by atoms with Crippen molar-refractivity contribution in [1.82, 2.24) is 4.90 Å². The summed E-state index contributed by atoms with van der Waals surface area (Å²) < 4.78 is 5.52. The number of carbonyl (C=O) groups excluding carboxylic acids is 1. The van der Waals surface area contributed by atoms with Crippen LogP contribution in [0.1, 0.15) is 52.0 Å². The van der Waals surface area contributed by atoms with E-state index in [0.717, 1.165) is 45.6 Å². The van der Waals surface area contributed by atoms with Crippen LogP contribution in [0.25, 0.3) is 0 Å². The van der Waals surface area contributed by atoms with E-state index in [0.29, 0.717) is 5.92 Å². The highest BCUT2D eigenvalue weighted by molar-refractivity contribution is 5.78. The molecule has 0 saturated carbocycles. The van der Waals surface area contributed by atoms with Gasteiger partial charge in [0.25, 0.3) is 0 Å². The van der Waals surface area contributed by atoms with Crippen LogP contribution in [0.2, 0.25) is 0 Å². The van der Waals surface area contributed by atoms with Gasteiger partial charge in [0.05, 0.1) is 5.41 Å². The fourth-order valence-electron chi connectivity index (χ4n) is 3.97. The molecule has 3 rings (SSSR count). The Kier molecular flexibility index (Phi) is 5.38. The molecule has 0 aliphatic carbocycles. The molecule has 0 radical (unpaired) electrons. The molecule has 0 aromatic heterocycles. The molecule has 2 aliphatic heterocycles. The van der Waals surface area contributed by atoms with E-state index in [-0.39, 0.29) is 17.5 Å². The molecule has 2 aliphatic rings. The lowest BCUT2D eigenvalue weighted by molar-refractivity contribution is -0.147. The number of nitrogens with zero attached hydrogens (tertiary/aromatic N) is 2. The van der Waals surface area contributed by atoms with Crippen LogP contribution < -0.4 is 4.90 Å². The van der Waals surface area contributed by atoms with Gasteiger partial charge in [0.2, 0.25) is 0 Å². The highest BCUT2D eigenvalue weighted by atomic mass is 16.6. The highest BCUT2D eigenvalue weighted by Crippen LogP contribution is 2.34. The Morgan fingerprint density at radius 3 is 2.44 bits per heavy atom. The second kappa shape index (κ2) is 7.36. The quantitative estimate of drug-likeness (QED) is 0.763. The number of rotatable bonds is 5. The van der Waals surface area contributed by atoms with Crippen LogP contribution in [0, 0.1) is 5.41 Å². The number of carbonyl (C=O) groups is 1. The van der Waals surface area contributed by atoms with Crippen molar-refractivity contribution in [2.24, 2.45) is 5.41 Å². The number of benzene rings is 1. The van der Waals surface area contributed by atoms with E-state index < -0.39 is 0 Å². The third-order valence-corrected chi connectivity index (χ3v) is 5.60. The summed E-state index contributed by atoms with van der Waals surface area (Å²) >= 11 is 0. The fraction of sp³-hybridized carbons (Fsp3) is 0.667. The SMILES string of the molecule is CC(C)c1ccccc1N1CCN(CC[C@@H]2CC(C)(C)C(=O)O2)CC1. The molecule has 1 aromatic rings. The molecule has 1 aromatic carbocycles. The van der Waals surface area contributed by atoms with Crippen molar-refractivity contribution in [2.75, 3.05) is 37.6 Å². The Labute approximate surface area is 152 Å². The van der Waals surface area contributed by atoms with E-state index in [9.17, 15) is 4.79 Å². The molecule has 2 saturated heterocycles. The molecule has 0 amide bonds. The molecule has 2 fully saturated rings. The van der Waals surface area contributed by atoms with Gasteiger partial charge in [0, 0.05) is 38.4 Å². The van der Waals surface area contributed by atoms with Gasteiger partial charge in [-0.2, -0.15) is 0 Å². The Morgan fingerprint density at radius 1 is 1.16 bits per heavy atom. The second-order valence-electron chi connectivity index (χ2n) is 8.45. The first-order chi connectivity index (χ1) is 11.9. The summed E-state index contributed by atoms with van der Waals surface area (Å²) in [6, 6.07) is 8.79. The third-order valence-electron chi connectivity index (χ3n) is 5.60. The number of ether oxygens (including phenoxy) is 1. The van der Waals surface area contributed by atoms with Crippen molar-refractivity contribution < 1.29 is 9.53 Å². The maximum Gasteiger partial charge on any atom is 0.311 e. The van der Waals surface area contributed by atoms with Gasteiger partial charge in [0.1, 0.15) is 6.10 Å². The van der Waals surface area contributed by atoms with E-state index in [4.69, 9.17) is 4.74 Å². The van der Waals surface area contributed by atoms with Crippen molar-refractivity contribution in [3.63, 3.8) is 0 Å². The first-order valence-electron chi connectivity index (χ1n) is 9.64. The average Bonchev–Trinajstić information content (AvgIpc) is 2.86. The number of cyclic esters (lactones) is 1. The molecule has 0 bridgehead atoms. The number of piperazine rings is 1. The van der Waals surface area contributed by atoms with Crippen molar-refractivity contribution >= 4 is 11.7 Å². The van der Waals surface area contributed by atoms with Crippen LogP contribution >= 0.6 is 0 Å². The number of anilines is 1. The molecule has 4 heteroatoms. The standard InChI is InChI=1S/C21H32N2O2/c1-16(2)18-7-5-6-8-19(18)23-13-11-22(12-14-23)10-9-17-15-21(3,4)20(24)25-17/h5-8,16-17H,9-15H2,1-4H3/t17-/m1/s1. The van der Waals surface area contributed by atoms with Gasteiger partial charge >= 0.3 is 5.97 Å². The summed E-state index contributed by atoms with van der Waals surface area (Å²) in [7, 11) is 0.